The molecule has 0 bridgehead atoms. The Morgan fingerprint density at radius 2 is 2.12 bits per heavy atom. The monoisotopic (exact) mass is 234 g/mol. The van der Waals surface area contributed by atoms with Gasteiger partial charge in [0.1, 0.15) is 6.42 Å². The quantitative estimate of drug-likeness (QED) is 0.241. The molecule has 0 atom stereocenters. The van der Waals surface area contributed by atoms with E-state index in [1.807, 2.05) is 33.3 Å². The molecule has 0 aromatic carbocycles. The van der Waals surface area contributed by atoms with E-state index in [4.69, 9.17) is 5.53 Å². The first-order valence-corrected chi connectivity index (χ1v) is 5.87. The lowest BCUT2D eigenvalue weighted by Crippen LogP contribution is -2.42. The highest BCUT2D eigenvalue weighted by atomic mass is 16.1. The van der Waals surface area contributed by atoms with Gasteiger partial charge < -0.3 is 5.53 Å². The number of rotatable bonds is 4. The first-order chi connectivity index (χ1) is 7.95. The second kappa shape index (κ2) is 5.71. The summed E-state index contributed by atoms with van der Waals surface area (Å²) in [4.78, 5) is 15.2. The largest absolute Gasteiger partial charge is 0.447 e. The first-order valence-electron chi connectivity index (χ1n) is 5.87. The fourth-order valence-electron chi connectivity index (χ4n) is 1.74. The van der Waals surface area contributed by atoms with Crippen LogP contribution in [-0.4, -0.2) is 42.0 Å². The van der Waals surface area contributed by atoms with Crippen molar-refractivity contribution in [1.82, 2.24) is 0 Å². The molecule has 1 aliphatic rings. The smallest absolute Gasteiger partial charge is 0.355 e. The Bertz CT molecular complexity index is 407. The maximum atomic E-state index is 11.9. The van der Waals surface area contributed by atoms with Crippen LogP contribution in [0.2, 0.25) is 0 Å². The molecule has 0 saturated carbocycles. The van der Waals surface area contributed by atoms with Crippen molar-refractivity contribution >= 4 is 11.6 Å². The third kappa shape index (κ3) is 4.10. The Labute approximate surface area is 102 Å². The van der Waals surface area contributed by atoms with E-state index in [1.54, 1.807) is 0 Å². The van der Waals surface area contributed by atoms with E-state index in [-0.39, 0.29) is 5.78 Å². The van der Waals surface area contributed by atoms with Gasteiger partial charge in [0.05, 0.1) is 21.1 Å². The average Bonchev–Trinajstić information content (AvgIpc) is 2.29. The fraction of sp³-hybridized carbons (Fsp3) is 0.538. The van der Waals surface area contributed by atoms with E-state index in [9.17, 15) is 4.79 Å². The zero-order valence-electron chi connectivity index (χ0n) is 10.8. The minimum atomic E-state index is 0.156. The molecule has 4 nitrogen and oxygen atoms in total. The molecule has 0 saturated heterocycles. The molecule has 0 fully saturated rings. The molecule has 0 spiro atoms. The van der Waals surface area contributed by atoms with Gasteiger partial charge in [-0.3, -0.25) is 4.79 Å². The molecule has 0 amide bonds. The molecule has 0 aromatic heterocycles. The molecule has 92 valence electrons. The molecule has 17 heavy (non-hydrogen) atoms. The number of carbonyl (C=O) groups is 1. The molecule has 0 aliphatic heterocycles. The van der Waals surface area contributed by atoms with E-state index in [0.717, 1.165) is 18.4 Å². The van der Waals surface area contributed by atoms with Crippen molar-refractivity contribution in [3.63, 3.8) is 0 Å². The summed E-state index contributed by atoms with van der Waals surface area (Å²) in [5, 5.41) is 0. The SMILES string of the molecule is C[N+](C)(C)C(CCC(=O)C1=CC=CCC1)=[N+]=[N-]. The Morgan fingerprint density at radius 3 is 2.59 bits per heavy atom. The average molecular weight is 234 g/mol. The minimum absolute atomic E-state index is 0.156. The van der Waals surface area contributed by atoms with Crippen molar-refractivity contribution in [1.29, 1.82) is 0 Å². The van der Waals surface area contributed by atoms with Crippen LogP contribution < -0.4 is 0 Å². The summed E-state index contributed by atoms with van der Waals surface area (Å²) in [5.41, 5.74) is 9.80. The standard InChI is InChI=1S/C13H20N3O/c1-16(2,3)13(15-14)10-9-12(17)11-7-5-4-6-8-11/h4-5,7H,6,8-10H2,1-3H3/q+1. The van der Waals surface area contributed by atoms with Crippen LogP contribution >= 0.6 is 0 Å². The number of hydrogen-bond donors (Lipinski definition) is 0. The second-order valence-electron chi connectivity index (χ2n) is 5.11. The summed E-state index contributed by atoms with van der Waals surface area (Å²) in [7, 11) is 5.76. The van der Waals surface area contributed by atoms with Gasteiger partial charge >= 0.3 is 5.84 Å². The number of amidine groups is 1. The molecule has 1 aliphatic carbocycles. The van der Waals surface area contributed by atoms with Crippen LogP contribution in [0.1, 0.15) is 25.7 Å². The van der Waals surface area contributed by atoms with E-state index in [2.05, 4.69) is 10.9 Å². The summed E-state index contributed by atoms with van der Waals surface area (Å²) >= 11 is 0. The van der Waals surface area contributed by atoms with Crippen molar-refractivity contribution in [3.05, 3.63) is 29.3 Å². The highest BCUT2D eigenvalue weighted by Crippen LogP contribution is 2.15. The van der Waals surface area contributed by atoms with Gasteiger partial charge in [-0.15, -0.1) is 4.79 Å². The van der Waals surface area contributed by atoms with Crippen LogP contribution in [0.25, 0.3) is 5.53 Å². The van der Waals surface area contributed by atoms with Crippen LogP contribution in [0.15, 0.2) is 23.8 Å². The Kier molecular flexibility index (Phi) is 4.55. The van der Waals surface area contributed by atoms with Gasteiger partial charge in [0.2, 0.25) is 0 Å². The summed E-state index contributed by atoms with van der Waals surface area (Å²) in [6.45, 7) is 0. The van der Waals surface area contributed by atoms with Gasteiger partial charge in [-0.25, -0.2) is 4.48 Å². The Morgan fingerprint density at radius 1 is 1.41 bits per heavy atom. The maximum absolute atomic E-state index is 11.9. The number of quaternary nitrogens is 1. The molecule has 0 heterocycles. The number of ketones is 1. The number of nitrogens with zero attached hydrogens (tertiary/aromatic N) is 3. The molecular formula is C13H20N3O+. The lowest BCUT2D eigenvalue weighted by molar-refractivity contribution is -0.789. The third-order valence-electron chi connectivity index (χ3n) is 2.84. The number of Topliss-reactive ketones (excluding diaryl/α,β-unsaturated/α-hetero) is 1. The molecule has 0 unspecified atom stereocenters. The molecule has 0 N–H and O–H groups in total. The number of allylic oxidation sites excluding steroid dienone is 4. The Hall–Kier alpha value is -1.51. The topological polar surface area (TPSA) is 53.5 Å². The van der Waals surface area contributed by atoms with Crippen molar-refractivity contribution in [3.8, 4) is 0 Å². The van der Waals surface area contributed by atoms with Gasteiger partial charge in [-0.2, -0.15) is 0 Å². The van der Waals surface area contributed by atoms with E-state index in [1.165, 1.54) is 0 Å². The highest BCUT2D eigenvalue weighted by molar-refractivity contribution is 5.97. The van der Waals surface area contributed by atoms with Crippen LogP contribution in [0, 0.1) is 0 Å². The molecule has 4 heteroatoms. The maximum Gasteiger partial charge on any atom is 0.447 e. The van der Waals surface area contributed by atoms with Crippen LogP contribution in [0.5, 0.6) is 0 Å². The summed E-state index contributed by atoms with van der Waals surface area (Å²) in [6, 6.07) is 0. The van der Waals surface area contributed by atoms with Gasteiger partial charge in [0.25, 0.3) is 0 Å². The van der Waals surface area contributed by atoms with Gasteiger partial charge in [0, 0.05) is 6.42 Å². The van der Waals surface area contributed by atoms with E-state index >= 15 is 0 Å². The van der Waals surface area contributed by atoms with Crippen molar-refractivity contribution < 1.29 is 14.1 Å². The van der Waals surface area contributed by atoms with Gasteiger partial charge in [-0.05, 0) is 18.4 Å². The predicted molar refractivity (Wildman–Crippen MR) is 67.4 cm³/mol. The first kappa shape index (κ1) is 13.6. The van der Waals surface area contributed by atoms with Crippen molar-refractivity contribution in [2.24, 2.45) is 0 Å². The lowest BCUT2D eigenvalue weighted by Gasteiger charge is -2.16. The minimum Gasteiger partial charge on any atom is -0.355 e. The summed E-state index contributed by atoms with van der Waals surface area (Å²) < 4.78 is 0.447. The molecular weight excluding hydrogens is 214 g/mol. The van der Waals surface area contributed by atoms with Crippen molar-refractivity contribution in [2.45, 2.75) is 25.7 Å². The zero-order chi connectivity index (χ0) is 12.9. The van der Waals surface area contributed by atoms with Gasteiger partial charge in [0.15, 0.2) is 5.78 Å². The highest BCUT2D eigenvalue weighted by Gasteiger charge is 2.27. The Balaban J connectivity index is 2.56. The lowest BCUT2D eigenvalue weighted by atomic mass is 9.98. The number of carbonyl (C=O) groups excluding carboxylic acids is 1. The third-order valence-corrected chi connectivity index (χ3v) is 2.84. The second-order valence-corrected chi connectivity index (χ2v) is 5.11. The normalized spacial score (nSPS) is 15.1. The summed E-state index contributed by atoms with van der Waals surface area (Å²) in [5.74, 6) is 0.772. The molecule has 0 aromatic rings. The van der Waals surface area contributed by atoms with Crippen LogP contribution in [0.4, 0.5) is 0 Å². The fourth-order valence-corrected chi connectivity index (χ4v) is 1.74. The van der Waals surface area contributed by atoms with E-state index < -0.39 is 0 Å². The molecule has 0 radical (unpaired) electrons. The molecule has 1 rings (SSSR count). The van der Waals surface area contributed by atoms with Crippen LogP contribution in [0.3, 0.4) is 0 Å². The summed E-state index contributed by atoms with van der Waals surface area (Å²) in [6.07, 6.45) is 8.54. The predicted octanol–water partition coefficient (Wildman–Crippen LogP) is 1.95. The zero-order valence-corrected chi connectivity index (χ0v) is 10.8. The van der Waals surface area contributed by atoms with E-state index in [0.29, 0.717) is 23.2 Å². The number of hydrogen-bond acceptors (Lipinski definition) is 1. The van der Waals surface area contributed by atoms with Crippen LogP contribution in [-0.2, 0) is 4.79 Å². The van der Waals surface area contributed by atoms with Crippen molar-refractivity contribution in [2.75, 3.05) is 21.1 Å². The van der Waals surface area contributed by atoms with Gasteiger partial charge in [-0.1, -0.05) is 18.2 Å².